The smallest absolute Gasteiger partial charge is 0.246 e. The van der Waals surface area contributed by atoms with Crippen LogP contribution >= 0.6 is 0 Å². The number of carbonyl (C=O) groups is 1. The lowest BCUT2D eigenvalue weighted by Gasteiger charge is -2.31. The van der Waals surface area contributed by atoms with Crippen molar-refractivity contribution in [3.63, 3.8) is 0 Å². The summed E-state index contributed by atoms with van der Waals surface area (Å²) >= 11 is 0. The summed E-state index contributed by atoms with van der Waals surface area (Å²) < 4.78 is 7.87. The number of ether oxygens (including phenoxy) is 1. The van der Waals surface area contributed by atoms with Crippen LogP contribution in [0.25, 0.3) is 22.3 Å². The normalized spacial score (nSPS) is 14.7. The van der Waals surface area contributed by atoms with Gasteiger partial charge in [0.25, 0.3) is 0 Å². The molecule has 1 aliphatic rings. The quantitative estimate of drug-likeness (QED) is 0.442. The number of nitrogen functional groups attached to an aromatic ring is 1. The third-order valence-corrected chi connectivity index (χ3v) is 6.06. The second-order valence-corrected chi connectivity index (χ2v) is 8.25. The zero-order valence-electron chi connectivity index (χ0n) is 19.0. The molecule has 1 fully saturated rings. The van der Waals surface area contributed by atoms with Crippen LogP contribution < -0.4 is 10.5 Å². The fraction of sp³-hybridized carbons (Fsp3) is 0.231. The van der Waals surface area contributed by atoms with Crippen molar-refractivity contribution in [2.45, 2.75) is 25.8 Å². The minimum atomic E-state index is 0.0522. The Bertz CT molecular complexity index is 1320. The first-order valence-electron chi connectivity index (χ1n) is 11.4. The van der Waals surface area contributed by atoms with Gasteiger partial charge in [0.15, 0.2) is 5.65 Å². The molecule has 0 atom stereocenters. The van der Waals surface area contributed by atoms with Gasteiger partial charge >= 0.3 is 0 Å². The van der Waals surface area contributed by atoms with Crippen molar-refractivity contribution < 1.29 is 9.53 Å². The van der Waals surface area contributed by atoms with E-state index in [0.717, 1.165) is 41.0 Å². The number of piperidine rings is 1. The molecule has 2 N–H and O–H groups in total. The predicted octanol–water partition coefficient (Wildman–Crippen LogP) is 4.61. The average molecular weight is 455 g/mol. The summed E-state index contributed by atoms with van der Waals surface area (Å²) in [6, 6.07) is 17.5. The van der Waals surface area contributed by atoms with E-state index in [1.807, 2.05) is 71.1 Å². The zero-order chi connectivity index (χ0) is 23.5. The molecule has 34 heavy (non-hydrogen) atoms. The molecule has 2 aromatic heterocycles. The highest BCUT2D eigenvalue weighted by Gasteiger charge is 2.27. The lowest BCUT2D eigenvalue weighted by atomic mass is 10.1. The van der Waals surface area contributed by atoms with Crippen molar-refractivity contribution in [3.05, 3.63) is 73.1 Å². The van der Waals surface area contributed by atoms with E-state index in [1.54, 1.807) is 12.2 Å². The standard InChI is InChI=1S/C26H26N6O2/c1-2-6-22(33)31-15-13-19(14-16-31)32-26-23(25(27)28-17-29-26)24(30-32)18-9-11-21(12-10-18)34-20-7-4-3-5-8-20/h2-12,17,19H,13-16H2,1H3,(H2,27,28,29)/b6-2-. The van der Waals surface area contributed by atoms with Gasteiger partial charge in [0.1, 0.15) is 29.3 Å². The van der Waals surface area contributed by atoms with Gasteiger partial charge in [0.05, 0.1) is 11.4 Å². The number of fused-ring (bicyclic) bond motifs is 1. The molecule has 0 aliphatic carbocycles. The second kappa shape index (κ2) is 9.35. The molecule has 1 saturated heterocycles. The minimum absolute atomic E-state index is 0.0522. The number of anilines is 1. The number of carbonyl (C=O) groups excluding carboxylic acids is 1. The number of amides is 1. The first-order valence-corrected chi connectivity index (χ1v) is 11.4. The summed E-state index contributed by atoms with van der Waals surface area (Å²) in [5, 5.41) is 5.68. The number of para-hydroxylation sites is 1. The first-order chi connectivity index (χ1) is 16.6. The van der Waals surface area contributed by atoms with Crippen molar-refractivity contribution in [1.82, 2.24) is 24.6 Å². The Hall–Kier alpha value is -4.20. The van der Waals surface area contributed by atoms with Gasteiger partial charge < -0.3 is 15.4 Å². The van der Waals surface area contributed by atoms with Gasteiger partial charge in [-0.25, -0.2) is 14.6 Å². The van der Waals surface area contributed by atoms with Crippen molar-refractivity contribution in [3.8, 4) is 22.8 Å². The third kappa shape index (κ3) is 4.22. The van der Waals surface area contributed by atoms with Crippen LogP contribution in [0.5, 0.6) is 11.5 Å². The number of likely N-dealkylation sites (tertiary alicyclic amines) is 1. The highest BCUT2D eigenvalue weighted by atomic mass is 16.5. The minimum Gasteiger partial charge on any atom is -0.457 e. The number of rotatable bonds is 5. The summed E-state index contributed by atoms with van der Waals surface area (Å²) in [5.41, 5.74) is 8.64. The van der Waals surface area contributed by atoms with Crippen molar-refractivity contribution in [2.75, 3.05) is 18.8 Å². The molecular formula is C26H26N6O2. The molecule has 2 aromatic carbocycles. The summed E-state index contributed by atoms with van der Waals surface area (Å²) in [6.45, 7) is 3.21. The molecule has 1 aliphatic heterocycles. The van der Waals surface area contributed by atoms with E-state index in [0.29, 0.717) is 24.6 Å². The highest BCUT2D eigenvalue weighted by Crippen LogP contribution is 2.35. The van der Waals surface area contributed by atoms with Crippen molar-refractivity contribution >= 4 is 22.8 Å². The Kier molecular flexibility index (Phi) is 5.95. The Morgan fingerprint density at radius 2 is 1.74 bits per heavy atom. The maximum absolute atomic E-state index is 12.2. The van der Waals surface area contributed by atoms with Crippen LogP contribution in [-0.2, 0) is 4.79 Å². The summed E-state index contributed by atoms with van der Waals surface area (Å²) in [5.74, 6) is 1.97. The number of benzene rings is 2. The summed E-state index contributed by atoms with van der Waals surface area (Å²) in [6.07, 6.45) is 6.46. The molecule has 3 heterocycles. The molecular weight excluding hydrogens is 428 g/mol. The maximum atomic E-state index is 12.2. The lowest BCUT2D eigenvalue weighted by Crippen LogP contribution is -2.38. The van der Waals surface area contributed by atoms with Crippen LogP contribution in [0.15, 0.2) is 73.1 Å². The summed E-state index contributed by atoms with van der Waals surface area (Å²) in [7, 11) is 0. The van der Waals surface area contributed by atoms with E-state index in [1.165, 1.54) is 6.33 Å². The molecule has 4 aromatic rings. The number of aromatic nitrogens is 4. The summed E-state index contributed by atoms with van der Waals surface area (Å²) in [4.78, 5) is 22.8. The van der Waals surface area contributed by atoms with E-state index < -0.39 is 0 Å². The predicted molar refractivity (Wildman–Crippen MR) is 131 cm³/mol. The Morgan fingerprint density at radius 1 is 1.03 bits per heavy atom. The van der Waals surface area contributed by atoms with Crippen LogP contribution in [0.3, 0.4) is 0 Å². The fourth-order valence-electron chi connectivity index (χ4n) is 4.34. The van der Waals surface area contributed by atoms with Gasteiger partial charge in [-0.1, -0.05) is 24.3 Å². The van der Waals surface area contributed by atoms with Crippen molar-refractivity contribution in [1.29, 1.82) is 0 Å². The van der Waals surface area contributed by atoms with Crippen LogP contribution in [0.4, 0.5) is 5.82 Å². The molecule has 0 unspecified atom stereocenters. The van der Waals surface area contributed by atoms with E-state index >= 15 is 0 Å². The van der Waals surface area contributed by atoms with E-state index in [-0.39, 0.29) is 11.9 Å². The van der Waals surface area contributed by atoms with Gasteiger partial charge in [0, 0.05) is 18.7 Å². The van der Waals surface area contributed by atoms with Crippen LogP contribution in [0.1, 0.15) is 25.8 Å². The molecule has 0 saturated carbocycles. The fourth-order valence-corrected chi connectivity index (χ4v) is 4.34. The van der Waals surface area contributed by atoms with Gasteiger partial charge in [-0.3, -0.25) is 4.79 Å². The Morgan fingerprint density at radius 3 is 2.44 bits per heavy atom. The zero-order valence-corrected chi connectivity index (χ0v) is 19.0. The molecule has 8 nitrogen and oxygen atoms in total. The lowest BCUT2D eigenvalue weighted by molar-refractivity contribution is -0.127. The van der Waals surface area contributed by atoms with Gasteiger partial charge in [-0.15, -0.1) is 0 Å². The number of hydrogen-bond acceptors (Lipinski definition) is 6. The molecule has 0 radical (unpaired) electrons. The van der Waals surface area contributed by atoms with Crippen molar-refractivity contribution in [2.24, 2.45) is 0 Å². The molecule has 172 valence electrons. The van der Waals surface area contributed by atoms with E-state index in [2.05, 4.69) is 9.97 Å². The monoisotopic (exact) mass is 454 g/mol. The number of allylic oxidation sites excluding steroid dienone is 1. The third-order valence-electron chi connectivity index (χ3n) is 6.06. The van der Waals surface area contributed by atoms with Gasteiger partial charge in [-0.2, -0.15) is 5.10 Å². The number of nitrogens with two attached hydrogens (primary N) is 1. The van der Waals surface area contributed by atoms with Crippen LogP contribution in [0.2, 0.25) is 0 Å². The average Bonchev–Trinajstić information content (AvgIpc) is 3.26. The Balaban J connectivity index is 1.43. The second-order valence-electron chi connectivity index (χ2n) is 8.25. The first kappa shape index (κ1) is 21.6. The Labute approximate surface area is 197 Å². The van der Waals surface area contributed by atoms with E-state index in [4.69, 9.17) is 15.6 Å². The van der Waals surface area contributed by atoms with Gasteiger partial charge in [0.2, 0.25) is 5.91 Å². The van der Waals surface area contributed by atoms with Crippen LogP contribution in [0, 0.1) is 0 Å². The topological polar surface area (TPSA) is 99.2 Å². The molecule has 0 bridgehead atoms. The maximum Gasteiger partial charge on any atom is 0.246 e. The number of nitrogens with zero attached hydrogens (tertiary/aromatic N) is 5. The molecule has 0 spiro atoms. The van der Waals surface area contributed by atoms with Crippen LogP contribution in [-0.4, -0.2) is 43.6 Å². The molecule has 5 rings (SSSR count). The van der Waals surface area contributed by atoms with E-state index in [9.17, 15) is 4.79 Å². The largest absolute Gasteiger partial charge is 0.457 e. The highest BCUT2D eigenvalue weighted by molar-refractivity contribution is 5.98. The van der Waals surface area contributed by atoms with Gasteiger partial charge in [-0.05, 0) is 62.2 Å². The molecule has 8 heteroatoms. The molecule has 1 amide bonds. The number of hydrogen-bond donors (Lipinski definition) is 1. The SMILES string of the molecule is C/C=C\C(=O)N1CCC(n2nc(-c3ccc(Oc4ccccc4)cc3)c3c(N)ncnc32)CC1.